The van der Waals surface area contributed by atoms with Crippen molar-refractivity contribution in [1.82, 2.24) is 5.32 Å². The number of hydrogen-bond acceptors (Lipinski definition) is 3. The van der Waals surface area contributed by atoms with Gasteiger partial charge in [-0.15, -0.1) is 6.58 Å². The minimum atomic E-state index is -1.12. The molecule has 0 bridgehead atoms. The summed E-state index contributed by atoms with van der Waals surface area (Å²) in [6.45, 7) is 3.57. The van der Waals surface area contributed by atoms with Crippen LogP contribution >= 0.6 is 0 Å². The molecular formula is C15H17F2NO3. The Morgan fingerprint density at radius 1 is 1.38 bits per heavy atom. The smallest absolute Gasteiger partial charge is 0.328 e. The SMILES string of the molecule is C=CCCC[C@@H](NC(=O)c1ccc(F)c(F)c1)C(=O)OC. The van der Waals surface area contributed by atoms with E-state index in [4.69, 9.17) is 0 Å². The monoisotopic (exact) mass is 297 g/mol. The number of rotatable bonds is 7. The van der Waals surface area contributed by atoms with E-state index in [1.54, 1.807) is 6.08 Å². The summed E-state index contributed by atoms with van der Waals surface area (Å²) in [5.41, 5.74) is -0.0634. The number of carbonyl (C=O) groups is 2. The van der Waals surface area contributed by atoms with Gasteiger partial charge in [0.1, 0.15) is 6.04 Å². The Morgan fingerprint density at radius 2 is 2.10 bits per heavy atom. The first-order valence-corrected chi connectivity index (χ1v) is 6.44. The van der Waals surface area contributed by atoms with Crippen molar-refractivity contribution in [1.29, 1.82) is 0 Å². The summed E-state index contributed by atoms with van der Waals surface area (Å²) in [4.78, 5) is 23.5. The molecule has 0 fully saturated rings. The maximum absolute atomic E-state index is 13.1. The van der Waals surface area contributed by atoms with Gasteiger partial charge in [0, 0.05) is 5.56 Å². The van der Waals surface area contributed by atoms with Crippen LogP contribution in [0.3, 0.4) is 0 Å². The third-order valence-electron chi connectivity index (χ3n) is 2.87. The molecule has 0 heterocycles. The molecule has 114 valence electrons. The standard InChI is InChI=1S/C15H17F2NO3/c1-3-4-5-6-13(15(20)21-2)18-14(19)10-7-8-11(16)12(17)9-10/h3,7-9,13H,1,4-6H2,2H3,(H,18,19)/t13-/m1/s1. The van der Waals surface area contributed by atoms with Gasteiger partial charge in [-0.2, -0.15) is 0 Å². The van der Waals surface area contributed by atoms with Gasteiger partial charge in [-0.1, -0.05) is 6.08 Å². The van der Waals surface area contributed by atoms with Gasteiger partial charge in [-0.25, -0.2) is 13.6 Å². The fourth-order valence-corrected chi connectivity index (χ4v) is 1.74. The number of ether oxygens (including phenoxy) is 1. The summed E-state index contributed by atoms with van der Waals surface area (Å²) in [5, 5.41) is 2.45. The summed E-state index contributed by atoms with van der Waals surface area (Å²) >= 11 is 0. The predicted molar refractivity (Wildman–Crippen MR) is 73.7 cm³/mol. The molecule has 0 aliphatic heterocycles. The van der Waals surface area contributed by atoms with Gasteiger partial charge in [0.2, 0.25) is 0 Å². The minimum Gasteiger partial charge on any atom is -0.467 e. The molecule has 1 rings (SSSR count). The van der Waals surface area contributed by atoms with Gasteiger partial charge in [0.05, 0.1) is 7.11 Å². The largest absolute Gasteiger partial charge is 0.467 e. The third kappa shape index (κ3) is 4.98. The molecule has 0 aliphatic carbocycles. The van der Waals surface area contributed by atoms with Crippen molar-refractivity contribution in [2.24, 2.45) is 0 Å². The average Bonchev–Trinajstić information content (AvgIpc) is 2.48. The van der Waals surface area contributed by atoms with Crippen LogP contribution in [0, 0.1) is 11.6 Å². The van der Waals surface area contributed by atoms with Crippen molar-refractivity contribution in [3.8, 4) is 0 Å². The van der Waals surface area contributed by atoms with Crippen LogP contribution in [-0.2, 0) is 9.53 Å². The van der Waals surface area contributed by atoms with E-state index in [2.05, 4.69) is 16.6 Å². The Bertz CT molecular complexity index is 532. The van der Waals surface area contributed by atoms with Gasteiger partial charge in [-0.05, 0) is 37.5 Å². The van der Waals surface area contributed by atoms with E-state index < -0.39 is 29.6 Å². The van der Waals surface area contributed by atoms with E-state index in [0.29, 0.717) is 19.3 Å². The average molecular weight is 297 g/mol. The molecule has 21 heavy (non-hydrogen) atoms. The van der Waals surface area contributed by atoms with Gasteiger partial charge < -0.3 is 10.1 Å². The van der Waals surface area contributed by atoms with Gasteiger partial charge in [0.15, 0.2) is 11.6 Å². The molecule has 0 radical (unpaired) electrons. The number of methoxy groups -OCH3 is 1. The number of halogens is 2. The number of nitrogens with one attached hydrogen (secondary N) is 1. The third-order valence-corrected chi connectivity index (χ3v) is 2.87. The highest BCUT2D eigenvalue weighted by Crippen LogP contribution is 2.10. The molecule has 4 nitrogen and oxygen atoms in total. The number of carbonyl (C=O) groups excluding carboxylic acids is 2. The highest BCUT2D eigenvalue weighted by molar-refractivity contribution is 5.96. The number of esters is 1. The fourth-order valence-electron chi connectivity index (χ4n) is 1.74. The quantitative estimate of drug-likeness (QED) is 0.478. The lowest BCUT2D eigenvalue weighted by Gasteiger charge is -2.16. The Hall–Kier alpha value is -2.24. The highest BCUT2D eigenvalue weighted by atomic mass is 19.2. The second kappa shape index (κ2) is 8.14. The number of benzene rings is 1. The van der Waals surface area contributed by atoms with Crippen LogP contribution in [0.1, 0.15) is 29.6 Å². The number of unbranched alkanes of at least 4 members (excludes halogenated alkanes) is 1. The summed E-state index contributed by atoms with van der Waals surface area (Å²) in [7, 11) is 1.21. The van der Waals surface area contributed by atoms with Crippen molar-refractivity contribution >= 4 is 11.9 Å². The predicted octanol–water partition coefficient (Wildman–Crippen LogP) is 2.59. The maximum Gasteiger partial charge on any atom is 0.328 e. The first-order chi connectivity index (χ1) is 9.99. The summed E-state index contributed by atoms with van der Waals surface area (Å²) in [6.07, 6.45) is 3.40. The first kappa shape index (κ1) is 16.8. The molecule has 1 aromatic rings. The maximum atomic E-state index is 13.1. The molecule has 6 heteroatoms. The van der Waals surface area contributed by atoms with Gasteiger partial charge in [0.25, 0.3) is 5.91 Å². The van der Waals surface area contributed by atoms with E-state index in [0.717, 1.165) is 18.2 Å². The van der Waals surface area contributed by atoms with Gasteiger partial charge >= 0.3 is 5.97 Å². The molecule has 0 saturated carbocycles. The zero-order valence-electron chi connectivity index (χ0n) is 11.7. The van der Waals surface area contributed by atoms with E-state index in [9.17, 15) is 18.4 Å². The molecular weight excluding hydrogens is 280 g/mol. The summed E-state index contributed by atoms with van der Waals surface area (Å²) in [5.74, 6) is -3.41. The molecule has 1 aromatic carbocycles. The van der Waals surface area contributed by atoms with Crippen LogP contribution in [0.15, 0.2) is 30.9 Å². The van der Waals surface area contributed by atoms with Crippen LogP contribution in [0.25, 0.3) is 0 Å². The van der Waals surface area contributed by atoms with Gasteiger partial charge in [-0.3, -0.25) is 4.79 Å². The highest BCUT2D eigenvalue weighted by Gasteiger charge is 2.22. The van der Waals surface area contributed by atoms with E-state index in [1.165, 1.54) is 7.11 Å². The molecule has 0 aromatic heterocycles. The summed E-state index contributed by atoms with van der Waals surface area (Å²) < 4.78 is 30.5. The van der Waals surface area contributed by atoms with Crippen LogP contribution in [0.4, 0.5) is 8.78 Å². The van der Waals surface area contributed by atoms with Crippen LogP contribution < -0.4 is 5.32 Å². The normalized spacial score (nSPS) is 11.6. The lowest BCUT2D eigenvalue weighted by Crippen LogP contribution is -2.41. The minimum absolute atomic E-state index is 0.0634. The topological polar surface area (TPSA) is 55.4 Å². The number of allylic oxidation sites excluding steroid dienone is 1. The van der Waals surface area contributed by atoms with E-state index in [1.807, 2.05) is 0 Å². The molecule has 0 aliphatic rings. The second-order valence-electron chi connectivity index (χ2n) is 4.40. The molecule has 0 saturated heterocycles. The van der Waals surface area contributed by atoms with Crippen LogP contribution in [-0.4, -0.2) is 25.0 Å². The summed E-state index contributed by atoms with van der Waals surface area (Å²) in [6, 6.07) is 1.94. The van der Waals surface area contributed by atoms with Crippen molar-refractivity contribution in [3.63, 3.8) is 0 Å². The first-order valence-electron chi connectivity index (χ1n) is 6.44. The lowest BCUT2D eigenvalue weighted by molar-refractivity contribution is -0.143. The number of amides is 1. The molecule has 0 spiro atoms. The van der Waals surface area contributed by atoms with Crippen LogP contribution in [0.2, 0.25) is 0 Å². The van der Waals surface area contributed by atoms with Crippen molar-refractivity contribution in [2.45, 2.75) is 25.3 Å². The Kier molecular flexibility index (Phi) is 6.52. The Morgan fingerprint density at radius 3 is 2.67 bits per heavy atom. The molecule has 1 atom stereocenters. The number of hydrogen-bond donors (Lipinski definition) is 1. The molecule has 1 N–H and O–H groups in total. The van der Waals surface area contributed by atoms with E-state index >= 15 is 0 Å². The second-order valence-corrected chi connectivity index (χ2v) is 4.40. The Balaban J connectivity index is 2.76. The van der Waals surface area contributed by atoms with Crippen LogP contribution in [0.5, 0.6) is 0 Å². The fraction of sp³-hybridized carbons (Fsp3) is 0.333. The Labute approximate surface area is 121 Å². The van der Waals surface area contributed by atoms with Crippen molar-refractivity contribution in [3.05, 3.63) is 48.1 Å². The molecule has 0 unspecified atom stereocenters. The van der Waals surface area contributed by atoms with E-state index in [-0.39, 0.29) is 5.56 Å². The molecule has 1 amide bonds. The zero-order chi connectivity index (χ0) is 15.8. The zero-order valence-corrected chi connectivity index (χ0v) is 11.7. The van der Waals surface area contributed by atoms with Crippen molar-refractivity contribution < 1.29 is 23.1 Å². The lowest BCUT2D eigenvalue weighted by atomic mass is 10.1. The van der Waals surface area contributed by atoms with Crippen molar-refractivity contribution in [2.75, 3.05) is 7.11 Å².